The lowest BCUT2D eigenvalue weighted by Crippen LogP contribution is -2.30. The first-order chi connectivity index (χ1) is 10.0. The lowest BCUT2D eigenvalue weighted by molar-refractivity contribution is 0.555. The Hall–Kier alpha value is -0.800. The second-order valence-corrected chi connectivity index (χ2v) is 6.03. The molecule has 0 bridgehead atoms. The largest absolute Gasteiger partial charge is 0.316 e. The summed E-state index contributed by atoms with van der Waals surface area (Å²) in [4.78, 5) is 0. The van der Waals surface area contributed by atoms with E-state index in [1.807, 2.05) is 19.2 Å². The molecule has 1 atom stereocenters. The topological polar surface area (TPSA) is 12.0 Å². The van der Waals surface area contributed by atoms with E-state index in [-0.39, 0.29) is 11.9 Å². The molecule has 0 fully saturated rings. The number of likely N-dealkylation sites (N-methyl/N-ethyl adjacent to an activating group) is 1. The molecule has 0 spiro atoms. The van der Waals surface area contributed by atoms with Gasteiger partial charge in [0, 0.05) is 11.1 Å². The third kappa shape index (κ3) is 4.33. The highest BCUT2D eigenvalue weighted by atomic mass is 35.5. The SMILES string of the molecule is CNC(Cc1ccc(F)cc1Cl)Cc1cccc(Cl)c1Cl. The first-order valence-electron chi connectivity index (χ1n) is 6.55. The summed E-state index contributed by atoms with van der Waals surface area (Å²) in [5.41, 5.74) is 1.87. The fourth-order valence-electron chi connectivity index (χ4n) is 2.20. The molecule has 2 aromatic carbocycles. The molecule has 2 rings (SSSR count). The van der Waals surface area contributed by atoms with Crippen molar-refractivity contribution in [3.8, 4) is 0 Å². The van der Waals surface area contributed by atoms with Crippen molar-refractivity contribution >= 4 is 34.8 Å². The van der Waals surface area contributed by atoms with Crippen LogP contribution in [-0.2, 0) is 12.8 Å². The fraction of sp³-hybridized carbons (Fsp3) is 0.250. The van der Waals surface area contributed by atoms with Crippen molar-refractivity contribution in [2.45, 2.75) is 18.9 Å². The van der Waals surface area contributed by atoms with Gasteiger partial charge in [0.25, 0.3) is 0 Å². The van der Waals surface area contributed by atoms with Crippen molar-refractivity contribution < 1.29 is 4.39 Å². The molecule has 0 saturated heterocycles. The molecule has 0 aliphatic heterocycles. The summed E-state index contributed by atoms with van der Waals surface area (Å²) in [6.07, 6.45) is 1.39. The zero-order chi connectivity index (χ0) is 15.4. The van der Waals surface area contributed by atoms with Crippen LogP contribution in [0, 0.1) is 5.82 Å². The van der Waals surface area contributed by atoms with Gasteiger partial charge >= 0.3 is 0 Å². The van der Waals surface area contributed by atoms with E-state index >= 15 is 0 Å². The van der Waals surface area contributed by atoms with Gasteiger partial charge in [0.05, 0.1) is 10.0 Å². The first kappa shape index (κ1) is 16.6. The number of nitrogens with one attached hydrogen (secondary N) is 1. The van der Waals surface area contributed by atoms with Crippen LogP contribution in [-0.4, -0.2) is 13.1 Å². The number of rotatable bonds is 5. The Morgan fingerprint density at radius 3 is 2.38 bits per heavy atom. The molecular formula is C16H15Cl3FN. The van der Waals surface area contributed by atoms with E-state index in [1.54, 1.807) is 12.1 Å². The van der Waals surface area contributed by atoms with Crippen molar-refractivity contribution in [3.05, 3.63) is 68.4 Å². The van der Waals surface area contributed by atoms with Crippen LogP contribution >= 0.6 is 34.8 Å². The molecule has 0 aliphatic carbocycles. The van der Waals surface area contributed by atoms with Gasteiger partial charge in [0.15, 0.2) is 0 Å². The van der Waals surface area contributed by atoms with Crippen molar-refractivity contribution in [2.75, 3.05) is 7.05 Å². The van der Waals surface area contributed by atoms with E-state index in [0.29, 0.717) is 27.9 Å². The van der Waals surface area contributed by atoms with Crippen LogP contribution in [0.2, 0.25) is 15.1 Å². The standard InChI is InChI=1S/C16H15Cl3FN/c1-21-13(7-10-5-6-12(20)9-15(10)18)8-11-3-2-4-14(17)16(11)19/h2-6,9,13,21H,7-8H2,1H3. The zero-order valence-electron chi connectivity index (χ0n) is 11.5. The smallest absolute Gasteiger partial charge is 0.124 e. The van der Waals surface area contributed by atoms with Gasteiger partial charge in [-0.3, -0.25) is 0 Å². The quantitative estimate of drug-likeness (QED) is 0.788. The molecule has 5 heteroatoms. The molecular weight excluding hydrogens is 332 g/mol. The van der Waals surface area contributed by atoms with Gasteiger partial charge in [-0.05, 0) is 49.2 Å². The Morgan fingerprint density at radius 2 is 1.71 bits per heavy atom. The molecule has 112 valence electrons. The molecule has 0 aromatic heterocycles. The summed E-state index contributed by atoms with van der Waals surface area (Å²) < 4.78 is 13.1. The van der Waals surface area contributed by atoms with Gasteiger partial charge in [-0.25, -0.2) is 4.39 Å². The van der Waals surface area contributed by atoms with E-state index in [1.165, 1.54) is 12.1 Å². The Kier molecular flexibility index (Phi) is 5.88. The molecule has 1 N–H and O–H groups in total. The summed E-state index contributed by atoms with van der Waals surface area (Å²) in [5.74, 6) is -0.331. The summed E-state index contributed by atoms with van der Waals surface area (Å²) in [5, 5.41) is 4.79. The normalized spacial score (nSPS) is 12.4. The lowest BCUT2D eigenvalue weighted by atomic mass is 9.99. The van der Waals surface area contributed by atoms with Crippen LogP contribution < -0.4 is 5.32 Å². The summed E-state index contributed by atoms with van der Waals surface area (Å²) >= 11 is 18.3. The van der Waals surface area contributed by atoms with Crippen LogP contribution in [0.1, 0.15) is 11.1 Å². The molecule has 1 unspecified atom stereocenters. The van der Waals surface area contributed by atoms with Crippen molar-refractivity contribution in [2.24, 2.45) is 0 Å². The second kappa shape index (κ2) is 7.46. The number of benzene rings is 2. The minimum absolute atomic E-state index is 0.129. The molecule has 0 radical (unpaired) electrons. The highest BCUT2D eigenvalue weighted by Crippen LogP contribution is 2.27. The molecule has 0 amide bonds. The first-order valence-corrected chi connectivity index (χ1v) is 7.68. The molecule has 0 heterocycles. The summed E-state index contributed by atoms with van der Waals surface area (Å²) in [6.45, 7) is 0. The molecule has 2 aromatic rings. The summed E-state index contributed by atoms with van der Waals surface area (Å²) in [6, 6.07) is 10.2. The Balaban J connectivity index is 2.15. The molecule has 21 heavy (non-hydrogen) atoms. The Bertz CT molecular complexity index is 631. The van der Waals surface area contributed by atoms with E-state index in [4.69, 9.17) is 34.8 Å². The van der Waals surface area contributed by atoms with Gasteiger partial charge in [-0.1, -0.05) is 53.0 Å². The zero-order valence-corrected chi connectivity index (χ0v) is 13.7. The monoisotopic (exact) mass is 345 g/mol. The van der Waals surface area contributed by atoms with E-state index < -0.39 is 0 Å². The molecule has 1 nitrogen and oxygen atoms in total. The molecule has 0 saturated carbocycles. The van der Waals surface area contributed by atoms with Crippen LogP contribution in [0.5, 0.6) is 0 Å². The van der Waals surface area contributed by atoms with Crippen LogP contribution in [0.15, 0.2) is 36.4 Å². The highest BCUT2D eigenvalue weighted by molar-refractivity contribution is 6.42. The fourth-order valence-corrected chi connectivity index (χ4v) is 2.84. The van der Waals surface area contributed by atoms with Crippen molar-refractivity contribution in [1.82, 2.24) is 5.32 Å². The van der Waals surface area contributed by atoms with Gasteiger partial charge in [-0.15, -0.1) is 0 Å². The van der Waals surface area contributed by atoms with Crippen LogP contribution in [0.25, 0.3) is 0 Å². The second-order valence-electron chi connectivity index (χ2n) is 4.84. The third-order valence-electron chi connectivity index (χ3n) is 3.39. The van der Waals surface area contributed by atoms with Crippen molar-refractivity contribution in [1.29, 1.82) is 0 Å². The molecule has 0 aliphatic rings. The average molecular weight is 347 g/mol. The average Bonchev–Trinajstić information content (AvgIpc) is 2.45. The van der Waals surface area contributed by atoms with E-state index in [2.05, 4.69) is 5.32 Å². The summed E-state index contributed by atoms with van der Waals surface area (Å²) in [7, 11) is 1.88. The van der Waals surface area contributed by atoms with Gasteiger partial charge in [-0.2, -0.15) is 0 Å². The Labute approximate surface area is 139 Å². The maximum absolute atomic E-state index is 13.1. The van der Waals surface area contributed by atoms with E-state index in [0.717, 1.165) is 11.1 Å². The number of halogens is 4. The highest BCUT2D eigenvalue weighted by Gasteiger charge is 2.14. The maximum Gasteiger partial charge on any atom is 0.124 e. The lowest BCUT2D eigenvalue weighted by Gasteiger charge is -2.18. The van der Waals surface area contributed by atoms with E-state index in [9.17, 15) is 4.39 Å². The third-order valence-corrected chi connectivity index (χ3v) is 4.60. The maximum atomic E-state index is 13.1. The minimum atomic E-state index is -0.331. The van der Waals surface area contributed by atoms with Gasteiger partial charge < -0.3 is 5.32 Å². The minimum Gasteiger partial charge on any atom is -0.316 e. The number of hydrogen-bond acceptors (Lipinski definition) is 1. The predicted octanol–water partition coefficient (Wildman–Crippen LogP) is 5.16. The number of hydrogen-bond donors (Lipinski definition) is 1. The van der Waals surface area contributed by atoms with Gasteiger partial charge in [0.1, 0.15) is 5.82 Å². The van der Waals surface area contributed by atoms with Gasteiger partial charge in [0.2, 0.25) is 0 Å². The predicted molar refractivity (Wildman–Crippen MR) is 88.1 cm³/mol. The Morgan fingerprint density at radius 1 is 1.00 bits per heavy atom. The van der Waals surface area contributed by atoms with Crippen molar-refractivity contribution in [3.63, 3.8) is 0 Å². The van der Waals surface area contributed by atoms with Crippen LogP contribution in [0.4, 0.5) is 4.39 Å². The van der Waals surface area contributed by atoms with Crippen LogP contribution in [0.3, 0.4) is 0 Å².